The summed E-state index contributed by atoms with van der Waals surface area (Å²) in [6.45, 7) is 7.66. The lowest BCUT2D eigenvalue weighted by molar-refractivity contribution is 0.407. The van der Waals surface area contributed by atoms with Crippen molar-refractivity contribution in [1.82, 2.24) is 10.6 Å². The highest BCUT2D eigenvalue weighted by Crippen LogP contribution is 2.12. The van der Waals surface area contributed by atoms with Crippen LogP contribution < -0.4 is 10.6 Å². The van der Waals surface area contributed by atoms with Gasteiger partial charge in [-0.2, -0.15) is 0 Å². The van der Waals surface area contributed by atoms with Gasteiger partial charge in [-0.25, -0.2) is 5.32 Å². The van der Waals surface area contributed by atoms with Crippen LogP contribution in [-0.2, 0) is 0 Å². The van der Waals surface area contributed by atoms with Gasteiger partial charge in [0, 0.05) is 19.1 Å². The fourth-order valence-corrected chi connectivity index (χ4v) is 1.50. The Morgan fingerprint density at radius 1 is 1.70 bits per heavy atom. The Bertz CT molecular complexity index is 87.3. The van der Waals surface area contributed by atoms with Gasteiger partial charge in [0.25, 0.3) is 0 Å². The van der Waals surface area contributed by atoms with E-state index < -0.39 is 0 Å². The van der Waals surface area contributed by atoms with E-state index in [1.165, 1.54) is 6.42 Å². The molecule has 1 heterocycles. The average molecular weight is 141 g/mol. The largest absolute Gasteiger partial charge is 0.314 e. The molecule has 0 spiro atoms. The van der Waals surface area contributed by atoms with Crippen molar-refractivity contribution in [3.63, 3.8) is 0 Å². The summed E-state index contributed by atoms with van der Waals surface area (Å²) in [5.74, 6) is 0.806. The molecule has 2 atom stereocenters. The molecule has 0 aromatic heterocycles. The van der Waals surface area contributed by atoms with Gasteiger partial charge >= 0.3 is 0 Å². The number of hydrogen-bond acceptors (Lipinski definition) is 1. The van der Waals surface area contributed by atoms with Gasteiger partial charge in [-0.05, 0) is 25.8 Å². The van der Waals surface area contributed by atoms with Gasteiger partial charge in [0.05, 0.1) is 0 Å². The Labute approximate surface area is 63.4 Å². The first-order chi connectivity index (χ1) is 4.84. The van der Waals surface area contributed by atoms with Crippen LogP contribution in [0.2, 0.25) is 0 Å². The van der Waals surface area contributed by atoms with Crippen molar-refractivity contribution in [3.05, 3.63) is 0 Å². The molecule has 2 unspecified atom stereocenters. The highest BCUT2D eigenvalue weighted by atomic mass is 15.0. The Kier molecular flexibility index (Phi) is 3.16. The topological polar surface area (TPSA) is 26.1 Å². The molecule has 2 heteroatoms. The molecule has 0 aromatic rings. The molecule has 0 bridgehead atoms. The second-order valence-electron chi connectivity index (χ2n) is 3.02. The molecule has 1 aliphatic rings. The summed E-state index contributed by atoms with van der Waals surface area (Å²) in [6, 6.07) is 0.663. The SMILES string of the molecule is CCNC(C)C1CC[N]C1. The maximum atomic E-state index is 4.33. The summed E-state index contributed by atoms with van der Waals surface area (Å²) in [5, 5.41) is 7.76. The average Bonchev–Trinajstić information content (AvgIpc) is 2.38. The minimum atomic E-state index is 0.663. The third-order valence-electron chi connectivity index (χ3n) is 2.25. The third-order valence-corrected chi connectivity index (χ3v) is 2.25. The van der Waals surface area contributed by atoms with Crippen molar-refractivity contribution < 1.29 is 0 Å². The van der Waals surface area contributed by atoms with Gasteiger partial charge in [-0.1, -0.05) is 6.92 Å². The molecule has 1 aliphatic heterocycles. The van der Waals surface area contributed by atoms with Gasteiger partial charge in [0.1, 0.15) is 0 Å². The zero-order valence-corrected chi connectivity index (χ0v) is 6.93. The molecule has 59 valence electrons. The minimum absolute atomic E-state index is 0.663. The summed E-state index contributed by atoms with van der Waals surface area (Å²) < 4.78 is 0. The first-order valence-corrected chi connectivity index (χ1v) is 4.21. The Morgan fingerprint density at radius 2 is 2.50 bits per heavy atom. The molecular weight excluding hydrogens is 124 g/mol. The van der Waals surface area contributed by atoms with Crippen LogP contribution in [0, 0.1) is 5.92 Å². The zero-order valence-electron chi connectivity index (χ0n) is 6.93. The van der Waals surface area contributed by atoms with Crippen LogP contribution in [0.3, 0.4) is 0 Å². The second kappa shape index (κ2) is 3.94. The van der Waals surface area contributed by atoms with Crippen LogP contribution in [0.5, 0.6) is 0 Å². The normalized spacial score (nSPS) is 28.8. The lowest BCUT2D eigenvalue weighted by Crippen LogP contribution is -2.33. The summed E-state index contributed by atoms with van der Waals surface area (Å²) in [4.78, 5) is 0. The maximum absolute atomic E-state index is 4.33. The van der Waals surface area contributed by atoms with E-state index in [-0.39, 0.29) is 0 Å². The zero-order chi connectivity index (χ0) is 7.40. The Hall–Kier alpha value is -0.0800. The summed E-state index contributed by atoms with van der Waals surface area (Å²) >= 11 is 0. The van der Waals surface area contributed by atoms with E-state index in [1.54, 1.807) is 0 Å². The van der Waals surface area contributed by atoms with E-state index in [2.05, 4.69) is 24.5 Å². The molecular formula is C8H17N2. The summed E-state index contributed by atoms with van der Waals surface area (Å²) in [6.07, 6.45) is 1.29. The summed E-state index contributed by atoms with van der Waals surface area (Å²) in [7, 11) is 0. The molecule has 10 heavy (non-hydrogen) atoms. The second-order valence-corrected chi connectivity index (χ2v) is 3.02. The van der Waals surface area contributed by atoms with E-state index in [9.17, 15) is 0 Å². The van der Waals surface area contributed by atoms with Crippen LogP contribution in [0.1, 0.15) is 20.3 Å². The van der Waals surface area contributed by atoms with Crippen molar-refractivity contribution in [2.75, 3.05) is 19.6 Å². The van der Waals surface area contributed by atoms with Crippen LogP contribution in [-0.4, -0.2) is 25.7 Å². The molecule has 0 aliphatic carbocycles. The molecule has 1 fully saturated rings. The molecule has 1 saturated heterocycles. The Morgan fingerprint density at radius 3 is 3.00 bits per heavy atom. The van der Waals surface area contributed by atoms with Crippen LogP contribution in [0.4, 0.5) is 0 Å². The fourth-order valence-electron chi connectivity index (χ4n) is 1.50. The first kappa shape index (κ1) is 8.02. The number of rotatable bonds is 3. The first-order valence-electron chi connectivity index (χ1n) is 4.21. The number of nitrogens with zero attached hydrogens (tertiary/aromatic N) is 1. The predicted molar refractivity (Wildman–Crippen MR) is 43.1 cm³/mol. The maximum Gasteiger partial charge on any atom is 0.0176 e. The van der Waals surface area contributed by atoms with Crippen molar-refractivity contribution in [3.8, 4) is 0 Å². The minimum Gasteiger partial charge on any atom is -0.314 e. The van der Waals surface area contributed by atoms with Crippen LogP contribution in [0.15, 0.2) is 0 Å². The molecule has 1 radical (unpaired) electrons. The van der Waals surface area contributed by atoms with E-state index >= 15 is 0 Å². The van der Waals surface area contributed by atoms with Crippen molar-refractivity contribution in [1.29, 1.82) is 0 Å². The van der Waals surface area contributed by atoms with Crippen LogP contribution in [0.25, 0.3) is 0 Å². The van der Waals surface area contributed by atoms with E-state index in [1.807, 2.05) is 0 Å². The van der Waals surface area contributed by atoms with Crippen molar-refractivity contribution in [2.24, 2.45) is 5.92 Å². The highest BCUT2D eigenvalue weighted by Gasteiger charge is 2.20. The van der Waals surface area contributed by atoms with E-state index in [4.69, 9.17) is 0 Å². The highest BCUT2D eigenvalue weighted by molar-refractivity contribution is 4.79. The molecule has 1 N–H and O–H groups in total. The summed E-state index contributed by atoms with van der Waals surface area (Å²) in [5.41, 5.74) is 0. The smallest absolute Gasteiger partial charge is 0.0176 e. The van der Waals surface area contributed by atoms with Gasteiger partial charge in [0.2, 0.25) is 0 Å². The molecule has 1 rings (SSSR count). The standard InChI is InChI=1S/C8H17N2/c1-3-10-7(2)8-4-5-9-6-8/h7-8,10H,3-6H2,1-2H3. The lowest BCUT2D eigenvalue weighted by atomic mass is 10.0. The van der Waals surface area contributed by atoms with E-state index in [0.717, 1.165) is 25.6 Å². The Balaban J connectivity index is 2.18. The molecule has 0 aromatic carbocycles. The van der Waals surface area contributed by atoms with Gasteiger partial charge in [0.15, 0.2) is 0 Å². The van der Waals surface area contributed by atoms with Crippen LogP contribution >= 0.6 is 0 Å². The lowest BCUT2D eigenvalue weighted by Gasteiger charge is -2.17. The van der Waals surface area contributed by atoms with Gasteiger partial charge in [-0.15, -0.1) is 0 Å². The number of hydrogen-bond donors (Lipinski definition) is 1. The van der Waals surface area contributed by atoms with Gasteiger partial charge < -0.3 is 5.32 Å². The molecule has 2 nitrogen and oxygen atoms in total. The third kappa shape index (κ3) is 1.96. The quantitative estimate of drug-likeness (QED) is 0.612. The van der Waals surface area contributed by atoms with Crippen molar-refractivity contribution >= 4 is 0 Å². The number of nitrogens with one attached hydrogen (secondary N) is 1. The molecule has 0 saturated carbocycles. The fraction of sp³-hybridized carbons (Fsp3) is 1.00. The van der Waals surface area contributed by atoms with E-state index in [0.29, 0.717) is 6.04 Å². The van der Waals surface area contributed by atoms with Crippen molar-refractivity contribution in [2.45, 2.75) is 26.3 Å². The molecule has 0 amide bonds. The monoisotopic (exact) mass is 141 g/mol. The van der Waals surface area contributed by atoms with Gasteiger partial charge in [-0.3, -0.25) is 0 Å². The predicted octanol–water partition coefficient (Wildman–Crippen LogP) is 0.609.